The van der Waals surface area contributed by atoms with Crippen LogP contribution in [0.2, 0.25) is 0 Å². The van der Waals surface area contributed by atoms with Crippen molar-refractivity contribution >= 4 is 15.9 Å². The zero-order chi connectivity index (χ0) is 7.56. The quantitative estimate of drug-likeness (QED) is 0.738. The average molecular weight is 200 g/mol. The standard InChI is InChI=1S/C8H8BrO/c1-2-6-3-4-8(10)7(9)5-6/h3-5,10H,1-2H2. The summed E-state index contributed by atoms with van der Waals surface area (Å²) in [6.07, 6.45) is 0.749. The Balaban J connectivity index is 3.04. The molecule has 0 spiro atoms. The first kappa shape index (κ1) is 7.61. The highest BCUT2D eigenvalue weighted by atomic mass is 79.9. The summed E-state index contributed by atoms with van der Waals surface area (Å²) < 4.78 is 0.730. The van der Waals surface area contributed by atoms with Crippen LogP contribution in [0.15, 0.2) is 22.7 Å². The third-order valence-corrected chi connectivity index (χ3v) is 1.94. The lowest BCUT2D eigenvalue weighted by molar-refractivity contribution is 0.471. The van der Waals surface area contributed by atoms with Crippen LogP contribution >= 0.6 is 15.9 Å². The zero-order valence-electron chi connectivity index (χ0n) is 5.47. The molecule has 0 saturated carbocycles. The molecule has 1 aromatic rings. The van der Waals surface area contributed by atoms with Crippen LogP contribution in [0.4, 0.5) is 0 Å². The largest absolute Gasteiger partial charge is 0.507 e. The second-order valence-electron chi connectivity index (χ2n) is 2.04. The number of rotatable bonds is 1. The van der Waals surface area contributed by atoms with Crippen molar-refractivity contribution in [2.24, 2.45) is 0 Å². The number of hydrogen-bond donors (Lipinski definition) is 1. The van der Waals surface area contributed by atoms with Gasteiger partial charge in [0.1, 0.15) is 5.75 Å². The predicted molar refractivity (Wildman–Crippen MR) is 44.9 cm³/mol. The minimum absolute atomic E-state index is 0.275. The van der Waals surface area contributed by atoms with Gasteiger partial charge < -0.3 is 5.11 Å². The Kier molecular flexibility index (Phi) is 2.33. The number of halogens is 1. The van der Waals surface area contributed by atoms with Gasteiger partial charge >= 0.3 is 0 Å². The third-order valence-electron chi connectivity index (χ3n) is 1.30. The van der Waals surface area contributed by atoms with Gasteiger partial charge in [-0.2, -0.15) is 0 Å². The summed E-state index contributed by atoms with van der Waals surface area (Å²) in [4.78, 5) is 0. The third kappa shape index (κ3) is 1.51. The van der Waals surface area contributed by atoms with Gasteiger partial charge in [0.25, 0.3) is 0 Å². The van der Waals surface area contributed by atoms with Crippen LogP contribution in [0.1, 0.15) is 5.56 Å². The molecule has 0 fully saturated rings. The zero-order valence-corrected chi connectivity index (χ0v) is 7.06. The predicted octanol–water partition coefficient (Wildman–Crippen LogP) is 2.53. The van der Waals surface area contributed by atoms with Gasteiger partial charge in [0.15, 0.2) is 0 Å². The van der Waals surface area contributed by atoms with Gasteiger partial charge in [0, 0.05) is 0 Å². The lowest BCUT2D eigenvalue weighted by Gasteiger charge is -1.98. The Morgan fingerprint density at radius 2 is 2.20 bits per heavy atom. The molecule has 0 amide bonds. The highest BCUT2D eigenvalue weighted by Crippen LogP contribution is 2.24. The van der Waals surface area contributed by atoms with Crippen molar-refractivity contribution < 1.29 is 5.11 Å². The van der Waals surface area contributed by atoms with Gasteiger partial charge in [0.2, 0.25) is 0 Å². The summed E-state index contributed by atoms with van der Waals surface area (Å²) in [6, 6.07) is 5.38. The highest BCUT2D eigenvalue weighted by molar-refractivity contribution is 9.10. The molecule has 1 rings (SSSR count). The van der Waals surface area contributed by atoms with E-state index in [2.05, 4.69) is 22.9 Å². The Labute approximate surface area is 68.8 Å². The monoisotopic (exact) mass is 199 g/mol. The average Bonchev–Trinajstić information content (AvgIpc) is 1.95. The van der Waals surface area contributed by atoms with Crippen LogP contribution in [0.3, 0.4) is 0 Å². The number of benzene rings is 1. The molecule has 0 aliphatic rings. The van der Waals surface area contributed by atoms with E-state index in [-0.39, 0.29) is 5.75 Å². The summed E-state index contributed by atoms with van der Waals surface area (Å²) in [6.45, 7) is 3.72. The molecule has 0 aliphatic heterocycles. The van der Waals surface area contributed by atoms with E-state index in [1.807, 2.05) is 12.1 Å². The van der Waals surface area contributed by atoms with Crippen LogP contribution in [0.25, 0.3) is 0 Å². The Bertz CT molecular complexity index is 233. The molecule has 1 N–H and O–H groups in total. The fourth-order valence-corrected chi connectivity index (χ4v) is 1.13. The molecule has 1 nitrogen and oxygen atoms in total. The van der Waals surface area contributed by atoms with Crippen LogP contribution < -0.4 is 0 Å². The van der Waals surface area contributed by atoms with E-state index in [1.165, 1.54) is 0 Å². The van der Waals surface area contributed by atoms with Gasteiger partial charge in [0.05, 0.1) is 4.47 Å². The fourth-order valence-electron chi connectivity index (χ4n) is 0.706. The number of phenolic OH excluding ortho intramolecular Hbond substituents is 1. The maximum absolute atomic E-state index is 9.07. The molecule has 1 aromatic carbocycles. The lowest BCUT2D eigenvalue weighted by atomic mass is 10.2. The molecular weight excluding hydrogens is 192 g/mol. The number of hydrogen-bond acceptors (Lipinski definition) is 1. The Morgan fingerprint density at radius 1 is 1.50 bits per heavy atom. The molecule has 0 aromatic heterocycles. The van der Waals surface area contributed by atoms with Crippen LogP contribution in [0, 0.1) is 6.92 Å². The molecular formula is C8H8BrO. The van der Waals surface area contributed by atoms with E-state index < -0.39 is 0 Å². The highest BCUT2D eigenvalue weighted by Gasteiger charge is 1.96. The first-order valence-corrected chi connectivity index (χ1v) is 3.80. The van der Waals surface area contributed by atoms with Gasteiger partial charge in [-0.25, -0.2) is 0 Å². The van der Waals surface area contributed by atoms with Crippen molar-refractivity contribution in [1.82, 2.24) is 0 Å². The minimum Gasteiger partial charge on any atom is -0.507 e. The molecule has 10 heavy (non-hydrogen) atoms. The van der Waals surface area contributed by atoms with E-state index in [9.17, 15) is 0 Å². The van der Waals surface area contributed by atoms with Crippen molar-refractivity contribution in [1.29, 1.82) is 0 Å². The van der Waals surface area contributed by atoms with Crippen molar-refractivity contribution in [2.75, 3.05) is 0 Å². The first-order chi connectivity index (χ1) is 4.74. The maximum Gasteiger partial charge on any atom is 0.129 e. The topological polar surface area (TPSA) is 20.2 Å². The van der Waals surface area contributed by atoms with Gasteiger partial charge in [-0.05, 0) is 47.0 Å². The summed E-state index contributed by atoms with van der Waals surface area (Å²) in [5, 5.41) is 9.07. The van der Waals surface area contributed by atoms with Crippen LogP contribution in [0.5, 0.6) is 5.75 Å². The smallest absolute Gasteiger partial charge is 0.129 e. The molecule has 0 bridgehead atoms. The molecule has 1 radical (unpaired) electrons. The molecule has 53 valence electrons. The Hall–Kier alpha value is -0.500. The normalized spacial score (nSPS) is 9.80. The Morgan fingerprint density at radius 3 is 2.70 bits per heavy atom. The van der Waals surface area contributed by atoms with E-state index in [0.29, 0.717) is 0 Å². The van der Waals surface area contributed by atoms with Crippen molar-refractivity contribution in [2.45, 2.75) is 6.42 Å². The van der Waals surface area contributed by atoms with Gasteiger partial charge in [-0.3, -0.25) is 0 Å². The molecule has 0 heterocycles. The van der Waals surface area contributed by atoms with Gasteiger partial charge in [-0.15, -0.1) is 0 Å². The molecule has 0 unspecified atom stereocenters. The van der Waals surface area contributed by atoms with Crippen LogP contribution in [-0.2, 0) is 6.42 Å². The molecule has 0 atom stereocenters. The molecule has 0 saturated heterocycles. The van der Waals surface area contributed by atoms with Gasteiger partial charge in [-0.1, -0.05) is 6.07 Å². The lowest BCUT2D eigenvalue weighted by Crippen LogP contribution is -1.78. The van der Waals surface area contributed by atoms with Crippen molar-refractivity contribution in [3.63, 3.8) is 0 Å². The number of aromatic hydroxyl groups is 1. The molecule has 2 heteroatoms. The fraction of sp³-hybridized carbons (Fsp3) is 0.125. The first-order valence-electron chi connectivity index (χ1n) is 3.00. The summed E-state index contributed by atoms with van der Waals surface area (Å²) in [7, 11) is 0. The summed E-state index contributed by atoms with van der Waals surface area (Å²) >= 11 is 3.21. The van der Waals surface area contributed by atoms with E-state index in [4.69, 9.17) is 5.11 Å². The second-order valence-corrected chi connectivity index (χ2v) is 2.89. The van der Waals surface area contributed by atoms with E-state index >= 15 is 0 Å². The van der Waals surface area contributed by atoms with Crippen LogP contribution in [-0.4, -0.2) is 5.11 Å². The minimum atomic E-state index is 0.275. The second kappa shape index (κ2) is 3.06. The summed E-state index contributed by atoms with van der Waals surface area (Å²) in [5.74, 6) is 0.275. The molecule has 0 aliphatic carbocycles. The van der Waals surface area contributed by atoms with Crippen molar-refractivity contribution in [3.8, 4) is 5.75 Å². The number of phenols is 1. The SMILES string of the molecule is [CH2]Cc1ccc(O)c(Br)c1. The maximum atomic E-state index is 9.07. The van der Waals surface area contributed by atoms with E-state index in [1.54, 1.807) is 6.07 Å². The van der Waals surface area contributed by atoms with E-state index in [0.717, 1.165) is 16.5 Å². The summed E-state index contributed by atoms with van der Waals surface area (Å²) in [5.41, 5.74) is 1.12. The van der Waals surface area contributed by atoms with Crippen molar-refractivity contribution in [3.05, 3.63) is 35.2 Å².